The van der Waals surface area contributed by atoms with Crippen LogP contribution in [0.2, 0.25) is 0 Å². The highest BCUT2D eigenvalue weighted by molar-refractivity contribution is 6.00. The molecule has 1 aliphatic rings. The smallest absolute Gasteiger partial charge is 0.270 e. The van der Waals surface area contributed by atoms with Gasteiger partial charge in [-0.1, -0.05) is 30.3 Å². The van der Waals surface area contributed by atoms with Crippen LogP contribution < -0.4 is 15.5 Å². The summed E-state index contributed by atoms with van der Waals surface area (Å²) in [5.41, 5.74) is 2.89. The number of carbonyl (C=O) groups is 2. The molecule has 30 heavy (non-hydrogen) atoms. The average molecular weight is 404 g/mol. The number of pyridine rings is 1. The molecular weight excluding hydrogens is 380 g/mol. The minimum absolute atomic E-state index is 0.00936. The van der Waals surface area contributed by atoms with Crippen LogP contribution in [-0.2, 0) is 18.4 Å². The highest BCUT2D eigenvalue weighted by atomic mass is 16.2. The fraction of sp³-hybridized carbons (Fsp3) is 0.273. The zero-order valence-electron chi connectivity index (χ0n) is 17.0. The number of benzene rings is 1. The van der Waals surface area contributed by atoms with Crippen LogP contribution >= 0.6 is 0 Å². The number of amides is 2. The summed E-state index contributed by atoms with van der Waals surface area (Å²) in [6.07, 6.45) is 2.24. The van der Waals surface area contributed by atoms with Crippen LogP contribution in [0.15, 0.2) is 54.7 Å². The second-order valence-corrected chi connectivity index (χ2v) is 7.34. The van der Waals surface area contributed by atoms with Crippen LogP contribution in [0.25, 0.3) is 0 Å². The molecule has 0 aliphatic carbocycles. The topological polar surface area (TPSA) is 92.2 Å². The van der Waals surface area contributed by atoms with Gasteiger partial charge in [0.1, 0.15) is 17.6 Å². The number of anilines is 2. The molecule has 2 aromatic heterocycles. The van der Waals surface area contributed by atoms with Crippen molar-refractivity contribution in [2.75, 3.05) is 16.8 Å². The first-order valence-corrected chi connectivity index (χ1v) is 9.88. The maximum absolute atomic E-state index is 12.9. The van der Waals surface area contributed by atoms with E-state index in [2.05, 4.69) is 20.7 Å². The molecule has 3 aromatic rings. The molecule has 1 saturated heterocycles. The second-order valence-electron chi connectivity index (χ2n) is 7.34. The lowest BCUT2D eigenvalue weighted by atomic mass is 10.2. The molecule has 2 N–H and O–H groups in total. The van der Waals surface area contributed by atoms with Crippen molar-refractivity contribution in [2.24, 2.45) is 7.05 Å². The Morgan fingerprint density at radius 2 is 2.00 bits per heavy atom. The Morgan fingerprint density at radius 1 is 1.20 bits per heavy atom. The third kappa shape index (κ3) is 4.17. The van der Waals surface area contributed by atoms with Gasteiger partial charge in [-0.05, 0) is 31.0 Å². The van der Waals surface area contributed by atoms with Gasteiger partial charge in [0, 0.05) is 38.1 Å². The zero-order valence-corrected chi connectivity index (χ0v) is 17.0. The van der Waals surface area contributed by atoms with E-state index in [4.69, 9.17) is 0 Å². The maximum atomic E-state index is 12.9. The molecule has 4 rings (SSSR count). The minimum atomic E-state index is -0.358. The van der Waals surface area contributed by atoms with Gasteiger partial charge in [0.15, 0.2) is 0 Å². The SMILES string of the molecule is Cc1cc(N2CCC(Nc3ccnc(C(=O)NCc4ccccc4)c3)C2=O)n(C)n1. The van der Waals surface area contributed by atoms with Crippen LogP contribution in [0.3, 0.4) is 0 Å². The molecule has 1 aromatic carbocycles. The largest absolute Gasteiger partial charge is 0.374 e. The first kappa shape index (κ1) is 19.6. The first-order valence-electron chi connectivity index (χ1n) is 9.88. The van der Waals surface area contributed by atoms with Gasteiger partial charge >= 0.3 is 0 Å². The molecular formula is C22H24N6O2. The van der Waals surface area contributed by atoms with E-state index in [1.165, 1.54) is 0 Å². The number of nitrogens with zero attached hydrogens (tertiary/aromatic N) is 4. The summed E-state index contributed by atoms with van der Waals surface area (Å²) in [7, 11) is 1.83. The van der Waals surface area contributed by atoms with Gasteiger partial charge in [0.25, 0.3) is 11.8 Å². The van der Waals surface area contributed by atoms with E-state index in [0.29, 0.717) is 30.9 Å². The molecule has 1 atom stereocenters. The van der Waals surface area contributed by atoms with Crippen molar-refractivity contribution in [1.82, 2.24) is 20.1 Å². The molecule has 1 fully saturated rings. The first-order chi connectivity index (χ1) is 14.5. The molecule has 1 aliphatic heterocycles. The molecule has 0 radical (unpaired) electrons. The third-order valence-electron chi connectivity index (χ3n) is 5.09. The molecule has 2 amide bonds. The van der Waals surface area contributed by atoms with E-state index in [-0.39, 0.29) is 17.9 Å². The highest BCUT2D eigenvalue weighted by Crippen LogP contribution is 2.24. The number of nitrogens with one attached hydrogen (secondary N) is 2. The summed E-state index contributed by atoms with van der Waals surface area (Å²) in [5.74, 6) is 0.523. The monoisotopic (exact) mass is 404 g/mol. The highest BCUT2D eigenvalue weighted by Gasteiger charge is 2.34. The Hall–Kier alpha value is -3.68. The lowest BCUT2D eigenvalue weighted by molar-refractivity contribution is -0.117. The Labute approximate surface area is 174 Å². The predicted octanol–water partition coefficient (Wildman–Crippen LogP) is 2.27. The van der Waals surface area contributed by atoms with Gasteiger partial charge in [-0.3, -0.25) is 24.2 Å². The van der Waals surface area contributed by atoms with E-state index in [0.717, 1.165) is 17.1 Å². The Bertz CT molecular complexity index is 1060. The van der Waals surface area contributed by atoms with Crippen LogP contribution in [0.1, 0.15) is 28.2 Å². The summed E-state index contributed by atoms with van der Waals surface area (Å²) < 4.78 is 1.72. The molecule has 1 unspecified atom stereocenters. The minimum Gasteiger partial charge on any atom is -0.374 e. The number of aromatic nitrogens is 3. The molecule has 0 saturated carbocycles. The number of aryl methyl sites for hydroxylation is 2. The van der Waals surface area contributed by atoms with Crippen molar-refractivity contribution >= 4 is 23.3 Å². The number of rotatable bonds is 6. The van der Waals surface area contributed by atoms with E-state index in [1.54, 1.807) is 27.9 Å². The van der Waals surface area contributed by atoms with E-state index < -0.39 is 0 Å². The lowest BCUT2D eigenvalue weighted by Gasteiger charge is -2.17. The molecule has 8 nitrogen and oxygen atoms in total. The van der Waals surface area contributed by atoms with Gasteiger partial charge in [0.05, 0.1) is 5.69 Å². The lowest BCUT2D eigenvalue weighted by Crippen LogP contribution is -2.34. The number of carbonyl (C=O) groups excluding carboxylic acids is 2. The number of hydrogen-bond donors (Lipinski definition) is 2. The van der Waals surface area contributed by atoms with Gasteiger partial charge in [-0.15, -0.1) is 0 Å². The average Bonchev–Trinajstić information content (AvgIpc) is 3.28. The number of hydrogen-bond acceptors (Lipinski definition) is 5. The summed E-state index contributed by atoms with van der Waals surface area (Å²) >= 11 is 0. The zero-order chi connectivity index (χ0) is 21.1. The Kier molecular flexibility index (Phi) is 5.47. The van der Waals surface area contributed by atoms with Crippen molar-refractivity contribution in [3.8, 4) is 0 Å². The predicted molar refractivity (Wildman–Crippen MR) is 114 cm³/mol. The van der Waals surface area contributed by atoms with Crippen LogP contribution in [0.4, 0.5) is 11.5 Å². The van der Waals surface area contributed by atoms with E-state index >= 15 is 0 Å². The molecule has 0 spiro atoms. The third-order valence-corrected chi connectivity index (χ3v) is 5.09. The molecule has 3 heterocycles. The van der Waals surface area contributed by atoms with Crippen molar-refractivity contribution in [3.63, 3.8) is 0 Å². The fourth-order valence-corrected chi connectivity index (χ4v) is 3.61. The van der Waals surface area contributed by atoms with Crippen LogP contribution in [-0.4, -0.2) is 39.2 Å². The van der Waals surface area contributed by atoms with Gasteiger partial charge in [0.2, 0.25) is 0 Å². The Morgan fingerprint density at radius 3 is 2.73 bits per heavy atom. The van der Waals surface area contributed by atoms with Gasteiger partial charge in [-0.25, -0.2) is 0 Å². The quantitative estimate of drug-likeness (QED) is 0.658. The summed E-state index contributed by atoms with van der Waals surface area (Å²) in [5, 5.41) is 10.4. The van der Waals surface area contributed by atoms with Gasteiger partial charge in [-0.2, -0.15) is 5.10 Å². The van der Waals surface area contributed by atoms with E-state index in [1.807, 2.05) is 50.4 Å². The normalized spacial score (nSPS) is 16.0. The molecule has 0 bridgehead atoms. The van der Waals surface area contributed by atoms with Crippen LogP contribution in [0, 0.1) is 6.92 Å². The second kappa shape index (κ2) is 8.36. The summed E-state index contributed by atoms with van der Waals surface area (Å²) in [6.45, 7) is 2.95. The summed E-state index contributed by atoms with van der Waals surface area (Å²) in [6, 6.07) is 14.7. The maximum Gasteiger partial charge on any atom is 0.270 e. The van der Waals surface area contributed by atoms with Crippen molar-refractivity contribution in [3.05, 3.63) is 71.7 Å². The van der Waals surface area contributed by atoms with Crippen molar-refractivity contribution < 1.29 is 9.59 Å². The fourth-order valence-electron chi connectivity index (χ4n) is 3.61. The molecule has 154 valence electrons. The van der Waals surface area contributed by atoms with Gasteiger partial charge < -0.3 is 10.6 Å². The Balaban J connectivity index is 1.40. The van der Waals surface area contributed by atoms with Crippen molar-refractivity contribution in [2.45, 2.75) is 25.9 Å². The molecule has 8 heteroatoms. The van der Waals surface area contributed by atoms with Crippen molar-refractivity contribution in [1.29, 1.82) is 0 Å². The van der Waals surface area contributed by atoms with E-state index in [9.17, 15) is 9.59 Å². The summed E-state index contributed by atoms with van der Waals surface area (Å²) in [4.78, 5) is 31.2. The van der Waals surface area contributed by atoms with Crippen LogP contribution in [0.5, 0.6) is 0 Å². The standard InChI is InChI=1S/C22H24N6O2/c1-15-12-20(27(2)26-15)28-11-9-18(22(28)30)25-17-8-10-23-19(13-17)21(29)24-14-16-6-4-3-5-7-16/h3-8,10,12-13,18H,9,11,14H2,1-2H3,(H,23,25)(H,24,29).